The zero-order valence-electron chi connectivity index (χ0n) is 18.9. The molecule has 0 aliphatic carbocycles. The fourth-order valence-electron chi connectivity index (χ4n) is 3.71. The van der Waals surface area contributed by atoms with Crippen LogP contribution in [0.15, 0.2) is 47.3 Å². The van der Waals surface area contributed by atoms with Gasteiger partial charge in [-0.05, 0) is 56.5 Å². The van der Waals surface area contributed by atoms with Gasteiger partial charge in [0.15, 0.2) is 24.8 Å². The topological polar surface area (TPSA) is 113 Å². The van der Waals surface area contributed by atoms with Gasteiger partial charge in [-0.2, -0.15) is 4.68 Å². The van der Waals surface area contributed by atoms with E-state index in [9.17, 15) is 14.4 Å². The molecule has 1 aliphatic heterocycles. The Balaban J connectivity index is 1.41. The van der Waals surface area contributed by atoms with Crippen LogP contribution in [0.25, 0.3) is 10.9 Å². The van der Waals surface area contributed by atoms with Crippen LogP contribution in [0.5, 0.6) is 11.5 Å². The molecule has 0 saturated carbocycles. The molecule has 1 amide bonds. The molecular formula is C24H26N4O6. The van der Waals surface area contributed by atoms with Gasteiger partial charge in [-0.25, -0.2) is 4.79 Å². The summed E-state index contributed by atoms with van der Waals surface area (Å²) in [6, 6.07) is 11.4. The van der Waals surface area contributed by atoms with Crippen molar-refractivity contribution in [2.45, 2.75) is 32.9 Å². The second-order valence-corrected chi connectivity index (χ2v) is 7.80. The van der Waals surface area contributed by atoms with E-state index in [1.807, 2.05) is 0 Å². The smallest absolute Gasteiger partial charge is 0.340 e. The maximum absolute atomic E-state index is 12.6. The van der Waals surface area contributed by atoms with Crippen molar-refractivity contribution in [3.63, 3.8) is 0 Å². The lowest BCUT2D eigenvalue weighted by atomic mass is 10.1. The van der Waals surface area contributed by atoms with Gasteiger partial charge in [0, 0.05) is 13.1 Å². The van der Waals surface area contributed by atoms with E-state index in [2.05, 4.69) is 10.3 Å². The van der Waals surface area contributed by atoms with Crippen molar-refractivity contribution in [2.75, 3.05) is 26.3 Å². The number of ether oxygens (including phenoxy) is 3. The number of hydrogen-bond acceptors (Lipinski definition) is 8. The highest BCUT2D eigenvalue weighted by Gasteiger charge is 2.19. The molecule has 4 rings (SSSR count). The minimum atomic E-state index is -0.668. The molecule has 0 atom stereocenters. The van der Waals surface area contributed by atoms with Gasteiger partial charge in [0.2, 0.25) is 0 Å². The van der Waals surface area contributed by atoms with Crippen LogP contribution in [0.2, 0.25) is 0 Å². The maximum Gasteiger partial charge on any atom is 0.340 e. The number of carbonyl (C=O) groups is 2. The van der Waals surface area contributed by atoms with Crippen LogP contribution in [-0.2, 0) is 16.3 Å². The number of nitrogens with zero attached hydrogens (tertiary/aromatic N) is 4. The van der Waals surface area contributed by atoms with E-state index in [0.29, 0.717) is 29.0 Å². The number of rotatable bonds is 8. The first-order valence-electron chi connectivity index (χ1n) is 11.2. The second-order valence-electron chi connectivity index (χ2n) is 7.80. The van der Waals surface area contributed by atoms with Crippen LogP contribution in [0.1, 0.15) is 36.5 Å². The van der Waals surface area contributed by atoms with Crippen molar-refractivity contribution in [3.8, 4) is 11.5 Å². The summed E-state index contributed by atoms with van der Waals surface area (Å²) >= 11 is 0. The molecule has 34 heavy (non-hydrogen) atoms. The largest absolute Gasteiger partial charge is 0.490 e. The SMILES string of the molecule is CCOc1cc(C(=O)OCn2nnc3ccccc3c2=O)ccc1OCC(=O)N1CCCCC1. The van der Waals surface area contributed by atoms with E-state index in [0.717, 1.165) is 37.0 Å². The predicted molar refractivity (Wildman–Crippen MR) is 123 cm³/mol. The zero-order chi connectivity index (χ0) is 23.9. The Kier molecular flexibility index (Phi) is 7.36. The van der Waals surface area contributed by atoms with Crippen LogP contribution in [-0.4, -0.2) is 58.1 Å². The first-order valence-corrected chi connectivity index (χ1v) is 11.2. The molecule has 0 radical (unpaired) electrons. The normalized spacial score (nSPS) is 13.5. The van der Waals surface area contributed by atoms with Gasteiger partial charge < -0.3 is 19.1 Å². The Labute approximate surface area is 196 Å². The molecule has 0 spiro atoms. The molecule has 2 heterocycles. The minimum absolute atomic E-state index is 0.0763. The van der Waals surface area contributed by atoms with E-state index in [1.54, 1.807) is 42.2 Å². The lowest BCUT2D eigenvalue weighted by Gasteiger charge is -2.26. The van der Waals surface area contributed by atoms with Crippen molar-refractivity contribution >= 4 is 22.8 Å². The second kappa shape index (κ2) is 10.8. The van der Waals surface area contributed by atoms with Gasteiger partial charge in [-0.15, -0.1) is 5.10 Å². The number of esters is 1. The van der Waals surface area contributed by atoms with Gasteiger partial charge >= 0.3 is 5.97 Å². The first-order chi connectivity index (χ1) is 16.6. The van der Waals surface area contributed by atoms with E-state index in [1.165, 1.54) is 12.1 Å². The molecule has 10 nitrogen and oxygen atoms in total. The molecule has 1 aromatic heterocycles. The first kappa shape index (κ1) is 23.2. The Hall–Kier alpha value is -3.95. The third-order valence-electron chi connectivity index (χ3n) is 5.49. The summed E-state index contributed by atoms with van der Waals surface area (Å²) in [5.41, 5.74) is 0.265. The van der Waals surface area contributed by atoms with Crippen molar-refractivity contribution < 1.29 is 23.8 Å². The monoisotopic (exact) mass is 466 g/mol. The fraction of sp³-hybridized carbons (Fsp3) is 0.375. The van der Waals surface area contributed by atoms with E-state index in [4.69, 9.17) is 14.2 Å². The Morgan fingerprint density at radius 3 is 2.59 bits per heavy atom. The molecule has 1 aliphatic rings. The highest BCUT2D eigenvalue weighted by molar-refractivity contribution is 5.90. The number of hydrogen-bond donors (Lipinski definition) is 0. The molecule has 0 bridgehead atoms. The van der Waals surface area contributed by atoms with Crippen molar-refractivity contribution in [3.05, 3.63) is 58.4 Å². The van der Waals surface area contributed by atoms with Gasteiger partial charge in [-0.1, -0.05) is 17.3 Å². The number of benzene rings is 2. The van der Waals surface area contributed by atoms with Crippen LogP contribution in [0.3, 0.4) is 0 Å². The average Bonchev–Trinajstić information content (AvgIpc) is 2.88. The molecule has 178 valence electrons. The van der Waals surface area contributed by atoms with Crippen molar-refractivity contribution in [1.29, 1.82) is 0 Å². The third-order valence-corrected chi connectivity index (χ3v) is 5.49. The molecular weight excluding hydrogens is 440 g/mol. The summed E-state index contributed by atoms with van der Waals surface area (Å²) in [6.07, 6.45) is 3.14. The Morgan fingerprint density at radius 2 is 1.79 bits per heavy atom. The number of amides is 1. The highest BCUT2D eigenvalue weighted by Crippen LogP contribution is 2.29. The minimum Gasteiger partial charge on any atom is -0.490 e. The van der Waals surface area contributed by atoms with Crippen molar-refractivity contribution in [1.82, 2.24) is 19.9 Å². The molecule has 3 aromatic rings. The Bertz CT molecular complexity index is 1240. The van der Waals surface area contributed by atoms with Crippen LogP contribution < -0.4 is 15.0 Å². The average molecular weight is 466 g/mol. The lowest BCUT2D eigenvalue weighted by Crippen LogP contribution is -2.38. The number of likely N-dealkylation sites (tertiary alicyclic amines) is 1. The van der Waals surface area contributed by atoms with Gasteiger partial charge in [0.25, 0.3) is 11.5 Å². The highest BCUT2D eigenvalue weighted by atomic mass is 16.5. The fourth-order valence-corrected chi connectivity index (χ4v) is 3.71. The van der Waals surface area contributed by atoms with Crippen LogP contribution in [0.4, 0.5) is 0 Å². The zero-order valence-corrected chi connectivity index (χ0v) is 18.9. The summed E-state index contributed by atoms with van der Waals surface area (Å²) < 4.78 is 17.5. The predicted octanol–water partition coefficient (Wildman–Crippen LogP) is 2.40. The molecule has 0 unspecified atom stereocenters. The van der Waals surface area contributed by atoms with Gasteiger partial charge in [-0.3, -0.25) is 9.59 Å². The number of aromatic nitrogens is 3. The summed E-state index contributed by atoms with van der Waals surface area (Å²) in [5.74, 6) is -0.0576. The molecule has 2 aromatic carbocycles. The molecule has 10 heteroatoms. The van der Waals surface area contributed by atoms with Crippen molar-refractivity contribution in [2.24, 2.45) is 0 Å². The Morgan fingerprint density at radius 1 is 1.00 bits per heavy atom. The van der Waals surface area contributed by atoms with Gasteiger partial charge in [0.1, 0.15) is 5.52 Å². The quantitative estimate of drug-likeness (QED) is 0.465. The van der Waals surface area contributed by atoms with E-state index < -0.39 is 11.5 Å². The summed E-state index contributed by atoms with van der Waals surface area (Å²) in [4.78, 5) is 39.3. The van der Waals surface area contributed by atoms with Crippen LogP contribution >= 0.6 is 0 Å². The molecule has 0 N–H and O–H groups in total. The summed E-state index contributed by atoms with van der Waals surface area (Å²) in [7, 11) is 0. The number of piperidine rings is 1. The molecule has 1 saturated heterocycles. The summed E-state index contributed by atoms with van der Waals surface area (Å²) in [6.45, 7) is 3.15. The lowest BCUT2D eigenvalue weighted by molar-refractivity contribution is -0.134. The number of fused-ring (bicyclic) bond motifs is 1. The van der Waals surface area contributed by atoms with Gasteiger partial charge in [0.05, 0.1) is 17.6 Å². The van der Waals surface area contributed by atoms with E-state index >= 15 is 0 Å². The standard InChI is InChI=1S/C24H26N4O6/c1-2-32-21-14-17(10-11-20(21)33-15-22(29)27-12-6-3-7-13-27)24(31)34-16-28-23(30)18-8-4-5-9-19(18)25-26-28/h4-5,8-11,14H,2-3,6-7,12-13,15-16H2,1H3. The summed E-state index contributed by atoms with van der Waals surface area (Å²) in [5, 5.41) is 8.16. The third kappa shape index (κ3) is 5.33. The maximum atomic E-state index is 12.6. The number of carbonyl (C=O) groups excluding carboxylic acids is 2. The van der Waals surface area contributed by atoms with Crippen LogP contribution in [0, 0.1) is 0 Å². The van der Waals surface area contributed by atoms with E-state index in [-0.39, 0.29) is 24.8 Å². The molecule has 1 fully saturated rings.